The summed E-state index contributed by atoms with van der Waals surface area (Å²) in [5.41, 5.74) is 0.729. The lowest BCUT2D eigenvalue weighted by atomic mass is 9.90. The number of amides is 1. The van der Waals surface area contributed by atoms with Crippen LogP contribution >= 0.6 is 0 Å². The molecule has 0 bridgehead atoms. The second kappa shape index (κ2) is 7.81. The van der Waals surface area contributed by atoms with Gasteiger partial charge in [0.05, 0.1) is 18.0 Å². The zero-order valence-electron chi connectivity index (χ0n) is 14.6. The van der Waals surface area contributed by atoms with Crippen molar-refractivity contribution in [2.45, 2.75) is 37.9 Å². The minimum absolute atomic E-state index is 0.0432. The molecule has 0 radical (unpaired) electrons. The van der Waals surface area contributed by atoms with Gasteiger partial charge in [-0.3, -0.25) is 9.78 Å². The minimum Gasteiger partial charge on any atom is -0.381 e. The number of pyridine rings is 1. The molecular weight excluding hydrogens is 318 g/mol. The van der Waals surface area contributed by atoms with Gasteiger partial charge in [0, 0.05) is 32.5 Å². The molecule has 6 heteroatoms. The van der Waals surface area contributed by atoms with Crippen LogP contribution in [0, 0.1) is 11.8 Å². The summed E-state index contributed by atoms with van der Waals surface area (Å²) in [6.45, 7) is 5.02. The van der Waals surface area contributed by atoms with Crippen molar-refractivity contribution in [3.05, 3.63) is 24.5 Å². The maximum atomic E-state index is 12.5. The van der Waals surface area contributed by atoms with E-state index in [9.17, 15) is 4.79 Å². The number of hydrogen-bond donors (Lipinski definition) is 1. The van der Waals surface area contributed by atoms with Gasteiger partial charge >= 0.3 is 0 Å². The predicted octanol–water partition coefficient (Wildman–Crippen LogP) is 1.93. The van der Waals surface area contributed by atoms with Crippen LogP contribution in [0.5, 0.6) is 0 Å². The maximum absolute atomic E-state index is 12.5. The molecule has 3 aliphatic heterocycles. The summed E-state index contributed by atoms with van der Waals surface area (Å²) >= 11 is 0. The van der Waals surface area contributed by atoms with E-state index in [2.05, 4.69) is 15.2 Å². The number of rotatable bonds is 4. The number of hydrogen-bond acceptors (Lipinski definition) is 5. The van der Waals surface area contributed by atoms with Gasteiger partial charge < -0.3 is 19.7 Å². The van der Waals surface area contributed by atoms with Gasteiger partial charge in [-0.1, -0.05) is 0 Å². The molecule has 0 aromatic carbocycles. The van der Waals surface area contributed by atoms with E-state index in [4.69, 9.17) is 9.47 Å². The summed E-state index contributed by atoms with van der Waals surface area (Å²) in [6.07, 6.45) is 7.52. The standard InChI is InChI=1S/C19H27N3O3/c23-19(21-16-2-1-6-20-11-16)17-10-15-3-7-22(13-18(15)25-17)12-14-4-8-24-9-5-14/h1-2,6,11,14-15,17-18H,3-5,7-10,12-13H2,(H,21,23)/t15-,17+,18-/m0/s1. The minimum atomic E-state index is -0.335. The lowest BCUT2D eigenvalue weighted by Gasteiger charge is -2.36. The van der Waals surface area contributed by atoms with E-state index in [-0.39, 0.29) is 18.1 Å². The summed E-state index contributed by atoms with van der Waals surface area (Å²) in [7, 11) is 0. The van der Waals surface area contributed by atoms with Crippen molar-refractivity contribution in [3.8, 4) is 0 Å². The number of fused-ring (bicyclic) bond motifs is 1. The zero-order chi connectivity index (χ0) is 17.1. The predicted molar refractivity (Wildman–Crippen MR) is 94.2 cm³/mol. The number of nitrogens with zero attached hydrogens (tertiary/aromatic N) is 2. The van der Waals surface area contributed by atoms with Gasteiger partial charge in [-0.2, -0.15) is 0 Å². The third kappa shape index (κ3) is 4.19. The Morgan fingerprint density at radius 3 is 3.00 bits per heavy atom. The maximum Gasteiger partial charge on any atom is 0.253 e. The van der Waals surface area contributed by atoms with E-state index in [0.29, 0.717) is 5.92 Å². The van der Waals surface area contributed by atoms with Crippen LogP contribution in [0.2, 0.25) is 0 Å². The van der Waals surface area contributed by atoms with Crippen LogP contribution in [0.3, 0.4) is 0 Å². The molecule has 0 aliphatic carbocycles. The van der Waals surface area contributed by atoms with E-state index in [1.54, 1.807) is 12.4 Å². The SMILES string of the molecule is O=C(Nc1cccnc1)[C@H]1C[C@@H]2CCN(CC3CCOCC3)C[C@@H]2O1. The van der Waals surface area contributed by atoms with Gasteiger partial charge in [0.2, 0.25) is 0 Å². The third-order valence-corrected chi connectivity index (χ3v) is 5.71. The highest BCUT2D eigenvalue weighted by atomic mass is 16.5. The Morgan fingerprint density at radius 2 is 2.20 bits per heavy atom. The molecule has 136 valence electrons. The van der Waals surface area contributed by atoms with E-state index >= 15 is 0 Å². The Balaban J connectivity index is 1.28. The zero-order valence-corrected chi connectivity index (χ0v) is 14.6. The molecule has 0 saturated carbocycles. The van der Waals surface area contributed by atoms with E-state index in [1.807, 2.05) is 12.1 Å². The Labute approximate surface area is 148 Å². The van der Waals surface area contributed by atoms with Gasteiger partial charge in [0.1, 0.15) is 6.10 Å². The molecule has 1 aromatic heterocycles. The highest BCUT2D eigenvalue weighted by molar-refractivity contribution is 5.94. The molecule has 6 nitrogen and oxygen atoms in total. The van der Waals surface area contributed by atoms with Crippen molar-refractivity contribution >= 4 is 11.6 Å². The summed E-state index contributed by atoms with van der Waals surface area (Å²) in [5, 5.41) is 2.92. The van der Waals surface area contributed by atoms with Crippen molar-refractivity contribution in [1.82, 2.24) is 9.88 Å². The van der Waals surface area contributed by atoms with Crippen LogP contribution in [0.15, 0.2) is 24.5 Å². The fourth-order valence-corrected chi connectivity index (χ4v) is 4.28. The first kappa shape index (κ1) is 16.9. The highest BCUT2D eigenvalue weighted by Gasteiger charge is 2.42. The number of aromatic nitrogens is 1. The van der Waals surface area contributed by atoms with Crippen LogP contribution in [-0.4, -0.2) is 60.8 Å². The van der Waals surface area contributed by atoms with E-state index < -0.39 is 0 Å². The number of ether oxygens (including phenoxy) is 2. The fourth-order valence-electron chi connectivity index (χ4n) is 4.28. The number of carbonyl (C=O) groups excluding carboxylic acids is 1. The molecule has 4 rings (SSSR count). The first-order valence-corrected chi connectivity index (χ1v) is 9.44. The third-order valence-electron chi connectivity index (χ3n) is 5.71. The Bertz CT molecular complexity index is 577. The summed E-state index contributed by atoms with van der Waals surface area (Å²) in [6, 6.07) is 3.67. The van der Waals surface area contributed by atoms with Crippen LogP contribution in [-0.2, 0) is 14.3 Å². The van der Waals surface area contributed by atoms with Crippen molar-refractivity contribution in [2.24, 2.45) is 11.8 Å². The molecule has 3 atom stereocenters. The molecule has 3 saturated heterocycles. The number of carbonyl (C=O) groups is 1. The van der Waals surface area contributed by atoms with Gasteiger partial charge in [-0.25, -0.2) is 0 Å². The van der Waals surface area contributed by atoms with Gasteiger partial charge in [0.25, 0.3) is 5.91 Å². The highest BCUT2D eigenvalue weighted by Crippen LogP contribution is 2.34. The number of piperidine rings is 1. The largest absolute Gasteiger partial charge is 0.381 e. The topological polar surface area (TPSA) is 63.7 Å². The smallest absolute Gasteiger partial charge is 0.253 e. The Kier molecular flexibility index (Phi) is 5.29. The van der Waals surface area contributed by atoms with E-state index in [0.717, 1.165) is 57.3 Å². The summed E-state index contributed by atoms with van der Waals surface area (Å²) < 4.78 is 11.6. The number of likely N-dealkylation sites (tertiary alicyclic amines) is 1. The molecule has 4 heterocycles. The molecule has 0 spiro atoms. The van der Waals surface area contributed by atoms with Gasteiger partial charge in [0.15, 0.2) is 0 Å². The van der Waals surface area contributed by atoms with Crippen molar-refractivity contribution in [1.29, 1.82) is 0 Å². The lowest BCUT2D eigenvalue weighted by Crippen LogP contribution is -2.45. The average Bonchev–Trinajstić information content (AvgIpc) is 3.07. The number of anilines is 1. The first-order chi connectivity index (χ1) is 12.3. The Morgan fingerprint density at radius 1 is 1.32 bits per heavy atom. The molecular formula is C19H27N3O3. The van der Waals surface area contributed by atoms with Crippen molar-refractivity contribution in [2.75, 3.05) is 38.2 Å². The normalized spacial score (nSPS) is 30.8. The second-order valence-corrected chi connectivity index (χ2v) is 7.49. The monoisotopic (exact) mass is 345 g/mol. The molecule has 1 N–H and O–H groups in total. The molecule has 3 aliphatic rings. The molecule has 25 heavy (non-hydrogen) atoms. The van der Waals surface area contributed by atoms with Crippen molar-refractivity contribution < 1.29 is 14.3 Å². The number of nitrogens with one attached hydrogen (secondary N) is 1. The van der Waals surface area contributed by atoms with Gasteiger partial charge in [-0.15, -0.1) is 0 Å². The second-order valence-electron chi connectivity index (χ2n) is 7.49. The average molecular weight is 345 g/mol. The summed E-state index contributed by atoms with van der Waals surface area (Å²) in [5.74, 6) is 1.21. The molecule has 3 fully saturated rings. The molecule has 0 unspecified atom stereocenters. The van der Waals surface area contributed by atoms with Crippen LogP contribution < -0.4 is 5.32 Å². The molecule has 1 amide bonds. The summed E-state index contributed by atoms with van der Waals surface area (Å²) in [4.78, 5) is 19.0. The van der Waals surface area contributed by atoms with E-state index in [1.165, 1.54) is 12.8 Å². The fraction of sp³-hybridized carbons (Fsp3) is 0.684. The quantitative estimate of drug-likeness (QED) is 0.903. The van der Waals surface area contributed by atoms with Crippen LogP contribution in [0.25, 0.3) is 0 Å². The Hall–Kier alpha value is -1.50. The van der Waals surface area contributed by atoms with Crippen LogP contribution in [0.4, 0.5) is 5.69 Å². The van der Waals surface area contributed by atoms with Crippen molar-refractivity contribution in [3.63, 3.8) is 0 Å². The first-order valence-electron chi connectivity index (χ1n) is 9.44. The lowest BCUT2D eigenvalue weighted by molar-refractivity contribution is -0.127. The van der Waals surface area contributed by atoms with Gasteiger partial charge in [-0.05, 0) is 56.2 Å². The van der Waals surface area contributed by atoms with Crippen LogP contribution in [0.1, 0.15) is 25.7 Å². The molecule has 1 aromatic rings.